The van der Waals surface area contributed by atoms with Gasteiger partial charge in [-0.1, -0.05) is 0 Å². The molecule has 0 fully saturated rings. The van der Waals surface area contributed by atoms with Crippen LogP contribution in [0.25, 0.3) is 0 Å². The summed E-state index contributed by atoms with van der Waals surface area (Å²) >= 11 is 0. The van der Waals surface area contributed by atoms with E-state index in [-0.39, 0.29) is 19.6 Å². The van der Waals surface area contributed by atoms with Gasteiger partial charge in [0.15, 0.2) is 0 Å². The molecule has 0 aliphatic carbocycles. The molecule has 3 N–H and O–H groups in total. The fourth-order valence-electron chi connectivity index (χ4n) is 0.558. The first-order valence-electron chi connectivity index (χ1n) is 3.95. The summed E-state index contributed by atoms with van der Waals surface area (Å²) < 4.78 is 4.99. The summed E-state index contributed by atoms with van der Waals surface area (Å²) in [4.78, 5) is 20.9. The van der Waals surface area contributed by atoms with E-state index >= 15 is 0 Å². The van der Waals surface area contributed by atoms with E-state index in [0.717, 1.165) is 0 Å². The van der Waals surface area contributed by atoms with Gasteiger partial charge in [-0.05, 0) is 13.8 Å². The highest BCUT2D eigenvalue weighted by Gasteiger charge is 2.24. The molecule has 0 atom stereocenters. The molecule has 0 aliphatic rings. The van der Waals surface area contributed by atoms with E-state index in [2.05, 4.69) is 0 Å². The van der Waals surface area contributed by atoms with Crippen molar-refractivity contribution in [2.45, 2.75) is 20.3 Å². The molecule has 0 saturated carbocycles. The molecule has 0 saturated heterocycles. The molecule has 0 aromatic heterocycles. The van der Waals surface area contributed by atoms with Crippen molar-refractivity contribution in [3.05, 3.63) is 0 Å². The number of carboxylic acids is 1. The number of primary amides is 1. The van der Waals surface area contributed by atoms with Crippen molar-refractivity contribution >= 4 is 11.9 Å². The number of carbonyl (C=O) groups excluding carboxylic acids is 1. The van der Waals surface area contributed by atoms with Crippen LogP contribution in [0.4, 0.5) is 0 Å². The fourth-order valence-corrected chi connectivity index (χ4v) is 0.558. The standard InChI is InChI=1S/C8H15NO4/c1-8(2,7(9)12)5-13-4-3-6(10)11/h3-5H2,1-2H3,(H2,9,12)(H,10,11). The molecule has 0 heterocycles. The van der Waals surface area contributed by atoms with Gasteiger partial charge in [0.25, 0.3) is 0 Å². The molecule has 76 valence electrons. The lowest BCUT2D eigenvalue weighted by atomic mass is 9.94. The maximum Gasteiger partial charge on any atom is 0.305 e. The Balaban J connectivity index is 3.64. The number of carboxylic acid groups (broad SMARTS) is 1. The van der Waals surface area contributed by atoms with Crippen molar-refractivity contribution in [2.75, 3.05) is 13.2 Å². The molecular weight excluding hydrogens is 174 g/mol. The van der Waals surface area contributed by atoms with Gasteiger partial charge in [0.1, 0.15) is 0 Å². The topological polar surface area (TPSA) is 89.6 Å². The van der Waals surface area contributed by atoms with Gasteiger partial charge in [0.05, 0.1) is 25.0 Å². The second-order valence-corrected chi connectivity index (χ2v) is 3.44. The Morgan fingerprint density at radius 1 is 1.46 bits per heavy atom. The Bertz CT molecular complexity index is 200. The van der Waals surface area contributed by atoms with E-state index in [0.29, 0.717) is 0 Å². The summed E-state index contributed by atoms with van der Waals surface area (Å²) in [7, 11) is 0. The summed E-state index contributed by atoms with van der Waals surface area (Å²) in [6, 6.07) is 0. The first kappa shape index (κ1) is 11.9. The number of amides is 1. The Kier molecular flexibility index (Phi) is 4.40. The van der Waals surface area contributed by atoms with E-state index in [4.69, 9.17) is 15.6 Å². The van der Waals surface area contributed by atoms with Crippen LogP contribution >= 0.6 is 0 Å². The van der Waals surface area contributed by atoms with Crippen LogP contribution in [0.2, 0.25) is 0 Å². The Hall–Kier alpha value is -1.10. The largest absolute Gasteiger partial charge is 0.481 e. The Labute approximate surface area is 76.9 Å². The van der Waals surface area contributed by atoms with Gasteiger partial charge in [0.2, 0.25) is 5.91 Å². The van der Waals surface area contributed by atoms with Crippen molar-refractivity contribution in [3.8, 4) is 0 Å². The average Bonchev–Trinajstić information content (AvgIpc) is 1.97. The maximum atomic E-state index is 10.8. The number of rotatable bonds is 6. The highest BCUT2D eigenvalue weighted by atomic mass is 16.5. The number of aliphatic carboxylic acids is 1. The van der Waals surface area contributed by atoms with Crippen LogP contribution in [-0.4, -0.2) is 30.2 Å². The maximum absolute atomic E-state index is 10.8. The first-order chi connectivity index (χ1) is 5.86. The van der Waals surface area contributed by atoms with Gasteiger partial charge in [-0.3, -0.25) is 9.59 Å². The quantitative estimate of drug-likeness (QED) is 0.575. The van der Waals surface area contributed by atoms with Gasteiger partial charge in [-0.25, -0.2) is 0 Å². The van der Waals surface area contributed by atoms with Gasteiger partial charge in [0, 0.05) is 0 Å². The zero-order valence-electron chi connectivity index (χ0n) is 7.87. The predicted octanol–water partition coefficient (Wildman–Crippen LogP) is -0.0108. The van der Waals surface area contributed by atoms with Crippen molar-refractivity contribution < 1.29 is 19.4 Å². The van der Waals surface area contributed by atoms with Crippen LogP contribution in [0.1, 0.15) is 20.3 Å². The molecule has 13 heavy (non-hydrogen) atoms. The lowest BCUT2D eigenvalue weighted by Gasteiger charge is -2.19. The minimum Gasteiger partial charge on any atom is -0.481 e. The van der Waals surface area contributed by atoms with Gasteiger partial charge >= 0.3 is 5.97 Å². The Morgan fingerprint density at radius 3 is 2.38 bits per heavy atom. The zero-order valence-corrected chi connectivity index (χ0v) is 7.87. The molecule has 0 aliphatic heterocycles. The van der Waals surface area contributed by atoms with Crippen molar-refractivity contribution in [1.29, 1.82) is 0 Å². The van der Waals surface area contributed by atoms with E-state index in [1.54, 1.807) is 13.8 Å². The lowest BCUT2D eigenvalue weighted by molar-refractivity contribution is -0.138. The van der Waals surface area contributed by atoms with Crippen molar-refractivity contribution in [2.24, 2.45) is 11.1 Å². The smallest absolute Gasteiger partial charge is 0.305 e. The van der Waals surface area contributed by atoms with Crippen LogP contribution in [0.15, 0.2) is 0 Å². The number of nitrogens with two attached hydrogens (primary N) is 1. The Morgan fingerprint density at radius 2 is 2.00 bits per heavy atom. The SMILES string of the molecule is CC(C)(COCCC(=O)O)C(N)=O. The molecule has 5 heteroatoms. The summed E-state index contributed by atoms with van der Waals surface area (Å²) in [5.41, 5.74) is 4.34. The van der Waals surface area contributed by atoms with Crippen molar-refractivity contribution in [3.63, 3.8) is 0 Å². The van der Waals surface area contributed by atoms with Crippen LogP contribution < -0.4 is 5.73 Å². The number of hydrogen-bond donors (Lipinski definition) is 2. The summed E-state index contributed by atoms with van der Waals surface area (Å²) in [6.45, 7) is 3.55. The minimum atomic E-state index is -0.920. The second-order valence-electron chi connectivity index (χ2n) is 3.44. The highest BCUT2D eigenvalue weighted by Crippen LogP contribution is 2.13. The minimum absolute atomic E-state index is 0.0607. The first-order valence-corrected chi connectivity index (χ1v) is 3.95. The summed E-state index contributed by atoms with van der Waals surface area (Å²) in [5.74, 6) is -1.38. The van der Waals surface area contributed by atoms with E-state index < -0.39 is 17.3 Å². The summed E-state index contributed by atoms with van der Waals surface area (Å²) in [6.07, 6.45) is -0.0607. The van der Waals surface area contributed by atoms with Crippen LogP contribution in [-0.2, 0) is 14.3 Å². The molecule has 0 bridgehead atoms. The number of carbonyl (C=O) groups is 2. The second kappa shape index (κ2) is 4.81. The third-order valence-corrected chi connectivity index (χ3v) is 1.59. The number of hydrogen-bond acceptors (Lipinski definition) is 3. The number of ether oxygens (including phenoxy) is 1. The van der Waals surface area contributed by atoms with Crippen LogP contribution in [0, 0.1) is 5.41 Å². The van der Waals surface area contributed by atoms with Crippen molar-refractivity contribution in [1.82, 2.24) is 0 Å². The third-order valence-electron chi connectivity index (χ3n) is 1.59. The molecule has 0 aromatic rings. The van der Waals surface area contributed by atoms with E-state index in [1.807, 2.05) is 0 Å². The average molecular weight is 189 g/mol. The molecule has 0 spiro atoms. The molecule has 5 nitrogen and oxygen atoms in total. The predicted molar refractivity (Wildman–Crippen MR) is 46.0 cm³/mol. The van der Waals surface area contributed by atoms with Crippen LogP contribution in [0.3, 0.4) is 0 Å². The summed E-state index contributed by atoms with van der Waals surface area (Å²) in [5, 5.41) is 8.28. The lowest BCUT2D eigenvalue weighted by Crippen LogP contribution is -2.35. The normalized spacial score (nSPS) is 11.2. The fraction of sp³-hybridized carbons (Fsp3) is 0.750. The van der Waals surface area contributed by atoms with Gasteiger partial charge < -0.3 is 15.6 Å². The van der Waals surface area contributed by atoms with Gasteiger partial charge in [-0.2, -0.15) is 0 Å². The van der Waals surface area contributed by atoms with E-state index in [9.17, 15) is 9.59 Å². The molecule has 1 amide bonds. The van der Waals surface area contributed by atoms with E-state index in [1.165, 1.54) is 0 Å². The monoisotopic (exact) mass is 189 g/mol. The third kappa shape index (κ3) is 5.19. The van der Waals surface area contributed by atoms with Gasteiger partial charge in [-0.15, -0.1) is 0 Å². The molecule has 0 rings (SSSR count). The molecule has 0 unspecified atom stereocenters. The zero-order chi connectivity index (χ0) is 10.5. The molecule has 0 radical (unpaired) electrons. The highest BCUT2D eigenvalue weighted by molar-refractivity contribution is 5.80. The van der Waals surface area contributed by atoms with Crippen LogP contribution in [0.5, 0.6) is 0 Å². The molecular formula is C8H15NO4. The molecule has 0 aromatic carbocycles.